The zero-order valence-electron chi connectivity index (χ0n) is 8.72. The van der Waals surface area contributed by atoms with E-state index in [1.165, 1.54) is 19.0 Å². The Morgan fingerprint density at radius 3 is 2.69 bits per heavy atom. The van der Waals surface area contributed by atoms with Gasteiger partial charge in [0.05, 0.1) is 5.56 Å². The largest absolute Gasteiger partial charge is 0.417 e. The molecular weight excluding hydrogens is 217 g/mol. The minimum Gasteiger partial charge on any atom is -0.312 e. The van der Waals surface area contributed by atoms with Crippen LogP contribution in [0.2, 0.25) is 0 Å². The number of nitrogens with one attached hydrogen (secondary N) is 1. The molecule has 0 aromatic carbocycles. The van der Waals surface area contributed by atoms with Gasteiger partial charge in [-0.15, -0.1) is 0 Å². The van der Waals surface area contributed by atoms with Gasteiger partial charge in [-0.1, -0.05) is 0 Å². The van der Waals surface area contributed by atoms with Crippen molar-refractivity contribution in [2.45, 2.75) is 25.6 Å². The van der Waals surface area contributed by atoms with Crippen LogP contribution in [0, 0.1) is 5.92 Å². The predicted molar refractivity (Wildman–Crippen MR) is 53.7 cm³/mol. The first-order valence-corrected chi connectivity index (χ1v) is 5.27. The van der Waals surface area contributed by atoms with E-state index in [4.69, 9.17) is 0 Å². The van der Waals surface area contributed by atoms with Crippen LogP contribution in [0.5, 0.6) is 0 Å². The highest BCUT2D eigenvalue weighted by molar-refractivity contribution is 5.20. The van der Waals surface area contributed by atoms with Crippen molar-refractivity contribution in [3.8, 4) is 0 Å². The minimum atomic E-state index is -4.31. The smallest absolute Gasteiger partial charge is 0.312 e. The van der Waals surface area contributed by atoms with Crippen molar-refractivity contribution in [2.24, 2.45) is 5.92 Å². The first-order valence-electron chi connectivity index (χ1n) is 5.27. The summed E-state index contributed by atoms with van der Waals surface area (Å²) in [4.78, 5) is 3.60. The van der Waals surface area contributed by atoms with Crippen LogP contribution >= 0.6 is 0 Å². The van der Waals surface area contributed by atoms with Crippen LogP contribution < -0.4 is 5.32 Å². The highest BCUT2D eigenvalue weighted by Gasteiger charge is 2.30. The lowest BCUT2D eigenvalue weighted by molar-refractivity contribution is -0.137. The third kappa shape index (κ3) is 3.20. The van der Waals surface area contributed by atoms with Crippen LogP contribution in [0.25, 0.3) is 0 Å². The van der Waals surface area contributed by atoms with Crippen LogP contribution in [0.3, 0.4) is 0 Å². The van der Waals surface area contributed by atoms with Crippen LogP contribution in [0.4, 0.5) is 13.2 Å². The van der Waals surface area contributed by atoms with Crippen LogP contribution in [0.1, 0.15) is 24.0 Å². The summed E-state index contributed by atoms with van der Waals surface area (Å²) in [6, 6.07) is 1.15. The molecule has 2 nitrogen and oxygen atoms in total. The molecule has 1 N–H and O–H groups in total. The Labute approximate surface area is 91.9 Å². The molecule has 0 unspecified atom stereocenters. The molecule has 2 rings (SSSR count). The van der Waals surface area contributed by atoms with E-state index >= 15 is 0 Å². The second-order valence-electron chi connectivity index (χ2n) is 4.15. The highest BCUT2D eigenvalue weighted by Crippen LogP contribution is 2.29. The van der Waals surface area contributed by atoms with Crippen molar-refractivity contribution in [3.63, 3.8) is 0 Å². The van der Waals surface area contributed by atoms with E-state index in [1.54, 1.807) is 0 Å². The summed E-state index contributed by atoms with van der Waals surface area (Å²) >= 11 is 0. The Hall–Kier alpha value is -1.10. The first-order chi connectivity index (χ1) is 7.55. The van der Waals surface area contributed by atoms with Crippen molar-refractivity contribution in [2.75, 3.05) is 6.54 Å². The van der Waals surface area contributed by atoms with Crippen LogP contribution in [-0.4, -0.2) is 11.5 Å². The average Bonchev–Trinajstić information content (AvgIpc) is 3.01. The van der Waals surface area contributed by atoms with Crippen molar-refractivity contribution in [3.05, 3.63) is 29.6 Å². The molecule has 16 heavy (non-hydrogen) atoms. The Balaban J connectivity index is 1.92. The van der Waals surface area contributed by atoms with Gasteiger partial charge in [-0.25, -0.2) is 0 Å². The van der Waals surface area contributed by atoms with E-state index < -0.39 is 11.7 Å². The monoisotopic (exact) mass is 230 g/mol. The van der Waals surface area contributed by atoms with E-state index in [-0.39, 0.29) is 0 Å². The maximum Gasteiger partial charge on any atom is 0.417 e. The molecule has 0 saturated heterocycles. The minimum absolute atomic E-state index is 0.452. The lowest BCUT2D eigenvalue weighted by Gasteiger charge is -2.08. The van der Waals surface area contributed by atoms with Gasteiger partial charge in [0.1, 0.15) is 0 Å². The Morgan fingerprint density at radius 1 is 1.31 bits per heavy atom. The lowest BCUT2D eigenvalue weighted by atomic mass is 10.2. The van der Waals surface area contributed by atoms with Gasteiger partial charge in [-0.2, -0.15) is 13.2 Å². The van der Waals surface area contributed by atoms with Crippen molar-refractivity contribution in [1.29, 1.82) is 0 Å². The van der Waals surface area contributed by atoms with Crippen LogP contribution in [-0.2, 0) is 12.7 Å². The molecule has 0 amide bonds. The van der Waals surface area contributed by atoms with Crippen molar-refractivity contribution >= 4 is 0 Å². The number of rotatable bonds is 4. The number of hydrogen-bond donors (Lipinski definition) is 1. The first kappa shape index (κ1) is 11.4. The molecule has 0 radical (unpaired) electrons. The van der Waals surface area contributed by atoms with Crippen LogP contribution in [0.15, 0.2) is 18.5 Å². The zero-order chi connectivity index (χ0) is 11.6. The molecule has 1 aliphatic carbocycles. The Bertz CT molecular complexity index is 358. The number of halogens is 3. The maximum atomic E-state index is 12.4. The fourth-order valence-corrected chi connectivity index (χ4v) is 1.48. The number of nitrogens with zero attached hydrogens (tertiary/aromatic N) is 1. The summed E-state index contributed by atoms with van der Waals surface area (Å²) in [6.07, 6.45) is 0.473. The summed E-state index contributed by atoms with van der Waals surface area (Å²) in [5, 5.41) is 3.13. The third-order valence-corrected chi connectivity index (χ3v) is 2.58. The van der Waals surface area contributed by atoms with E-state index in [2.05, 4.69) is 10.3 Å². The lowest BCUT2D eigenvalue weighted by Crippen LogP contribution is -2.17. The molecule has 1 saturated carbocycles. The summed E-state index contributed by atoms with van der Waals surface area (Å²) in [7, 11) is 0. The quantitative estimate of drug-likeness (QED) is 0.860. The van der Waals surface area contributed by atoms with Gasteiger partial charge in [0, 0.05) is 18.9 Å². The summed E-state index contributed by atoms with van der Waals surface area (Å²) in [5.41, 5.74) is -0.103. The van der Waals surface area contributed by atoms with E-state index in [1.807, 2.05) is 0 Å². The predicted octanol–water partition coefficient (Wildman–Crippen LogP) is 2.60. The molecule has 0 bridgehead atoms. The number of hydrogen-bond acceptors (Lipinski definition) is 2. The number of pyridine rings is 1. The standard InChI is InChI=1S/C11H13F3N2/c12-11(13,14)10-3-9(6-16-7-10)5-15-4-8-1-2-8/h3,6-8,15H,1-2,4-5H2. The summed E-state index contributed by atoms with van der Waals surface area (Å²) < 4.78 is 37.1. The molecule has 1 heterocycles. The Kier molecular flexibility index (Phi) is 3.14. The van der Waals surface area contributed by atoms with Crippen molar-refractivity contribution in [1.82, 2.24) is 10.3 Å². The van der Waals surface area contributed by atoms with Gasteiger partial charge in [-0.05, 0) is 36.9 Å². The zero-order valence-corrected chi connectivity index (χ0v) is 8.72. The second kappa shape index (κ2) is 4.41. The molecule has 5 heteroatoms. The Morgan fingerprint density at radius 2 is 2.06 bits per heavy atom. The second-order valence-corrected chi connectivity index (χ2v) is 4.15. The molecule has 1 aromatic rings. The third-order valence-electron chi connectivity index (χ3n) is 2.58. The van der Waals surface area contributed by atoms with E-state index in [0.29, 0.717) is 12.1 Å². The fraction of sp³-hybridized carbons (Fsp3) is 0.545. The average molecular weight is 230 g/mol. The maximum absolute atomic E-state index is 12.4. The van der Waals surface area contributed by atoms with Gasteiger partial charge >= 0.3 is 6.18 Å². The SMILES string of the molecule is FC(F)(F)c1cncc(CNCC2CC2)c1. The molecule has 1 aromatic heterocycles. The topological polar surface area (TPSA) is 24.9 Å². The highest BCUT2D eigenvalue weighted by atomic mass is 19.4. The van der Waals surface area contributed by atoms with Gasteiger partial charge in [0.2, 0.25) is 0 Å². The molecular formula is C11H13F3N2. The molecule has 0 spiro atoms. The van der Waals surface area contributed by atoms with Gasteiger partial charge in [0.15, 0.2) is 0 Å². The summed E-state index contributed by atoms with van der Waals surface area (Å²) in [5.74, 6) is 0.721. The normalized spacial score (nSPS) is 16.4. The van der Waals surface area contributed by atoms with Gasteiger partial charge in [0.25, 0.3) is 0 Å². The van der Waals surface area contributed by atoms with Gasteiger partial charge in [-0.3, -0.25) is 4.98 Å². The number of aromatic nitrogens is 1. The molecule has 0 atom stereocenters. The molecule has 1 aliphatic rings. The summed E-state index contributed by atoms with van der Waals surface area (Å²) in [6.45, 7) is 1.34. The molecule has 88 valence electrons. The fourth-order valence-electron chi connectivity index (χ4n) is 1.48. The van der Waals surface area contributed by atoms with Gasteiger partial charge < -0.3 is 5.32 Å². The molecule has 0 aliphatic heterocycles. The number of alkyl halides is 3. The van der Waals surface area contributed by atoms with Crippen molar-refractivity contribution < 1.29 is 13.2 Å². The van der Waals surface area contributed by atoms with E-state index in [0.717, 1.165) is 24.7 Å². The molecule has 1 fully saturated rings. The van der Waals surface area contributed by atoms with E-state index in [9.17, 15) is 13.2 Å².